The Balaban J connectivity index is 0.000000162. The highest BCUT2D eigenvalue weighted by atomic mass is 15.0. The molecule has 8 nitrogen and oxygen atoms in total. The summed E-state index contributed by atoms with van der Waals surface area (Å²) in [5.41, 5.74) is 27.6. The molecule has 0 aliphatic heterocycles. The van der Waals surface area contributed by atoms with E-state index in [9.17, 15) is 0 Å². The van der Waals surface area contributed by atoms with Crippen LogP contribution < -0.4 is 0 Å². The van der Waals surface area contributed by atoms with Crippen LogP contribution in [0.2, 0.25) is 0 Å². The Kier molecular flexibility index (Phi) is 19.2. The molecule has 0 aliphatic carbocycles. The molecule has 0 aliphatic rings. The molecule has 0 bridgehead atoms. The predicted molar refractivity (Wildman–Crippen MR) is 442 cm³/mol. The van der Waals surface area contributed by atoms with E-state index < -0.39 is 0 Å². The molecule has 0 fully saturated rings. The minimum atomic E-state index is 0.614. The van der Waals surface area contributed by atoms with Crippen molar-refractivity contribution in [2.45, 2.75) is 0 Å². The molecule has 0 spiro atoms. The lowest BCUT2D eigenvalue weighted by molar-refractivity contribution is 1.07. The van der Waals surface area contributed by atoms with Crippen molar-refractivity contribution in [2.24, 2.45) is 0 Å². The summed E-state index contributed by atoms with van der Waals surface area (Å²) in [6, 6.07) is 139. The van der Waals surface area contributed by atoms with Crippen LogP contribution in [0.4, 0.5) is 0 Å². The van der Waals surface area contributed by atoms with Crippen LogP contribution in [0.25, 0.3) is 180 Å². The minimum Gasteiger partial charge on any atom is -0.256 e. The van der Waals surface area contributed by atoms with Crippen LogP contribution in [0.15, 0.2) is 413 Å². The Labute approximate surface area is 628 Å². The van der Waals surface area contributed by atoms with Gasteiger partial charge in [0.1, 0.15) is 0 Å². The third kappa shape index (κ3) is 15.0. The monoisotopic (exact) mass is 1380 g/mol. The minimum absolute atomic E-state index is 0.614. The van der Waals surface area contributed by atoms with Crippen LogP contribution in [0.3, 0.4) is 0 Å². The van der Waals surface area contributed by atoms with E-state index in [0.29, 0.717) is 34.9 Å². The molecule has 0 atom stereocenters. The number of hydrogen-bond donors (Lipinski definition) is 0. The van der Waals surface area contributed by atoms with Gasteiger partial charge in [-0.2, -0.15) is 0 Å². The van der Waals surface area contributed by atoms with Gasteiger partial charge in [0.15, 0.2) is 34.9 Å². The van der Waals surface area contributed by atoms with Crippen molar-refractivity contribution in [2.75, 3.05) is 0 Å². The highest BCUT2D eigenvalue weighted by Crippen LogP contribution is 2.39. The molecule has 18 rings (SSSR count). The van der Waals surface area contributed by atoms with E-state index in [4.69, 9.17) is 29.9 Å². The van der Waals surface area contributed by atoms with E-state index in [0.717, 1.165) is 112 Å². The summed E-state index contributed by atoms with van der Waals surface area (Å²) in [5, 5.41) is 0. The molecule has 0 saturated carbocycles. The molecule has 4 aromatic heterocycles. The second-order valence-corrected chi connectivity index (χ2v) is 26.2. The van der Waals surface area contributed by atoms with E-state index in [-0.39, 0.29) is 0 Å². The Morgan fingerprint density at radius 3 is 0.648 bits per heavy atom. The Hall–Kier alpha value is -14.6. The first kappa shape index (κ1) is 66.6. The number of nitrogens with zero attached hydrogens (tertiary/aromatic N) is 8. The second-order valence-electron chi connectivity index (χ2n) is 26.2. The van der Waals surface area contributed by atoms with Gasteiger partial charge in [-0.05, 0) is 131 Å². The lowest BCUT2D eigenvalue weighted by Crippen LogP contribution is -2.02. The van der Waals surface area contributed by atoms with E-state index in [2.05, 4.69) is 313 Å². The highest BCUT2D eigenvalue weighted by molar-refractivity contribution is 5.87. The zero-order valence-electron chi connectivity index (χ0n) is 58.8. The van der Waals surface area contributed by atoms with Gasteiger partial charge in [-0.1, -0.05) is 358 Å². The summed E-state index contributed by atoms with van der Waals surface area (Å²) in [4.78, 5) is 39.8. The average Bonchev–Trinajstić information content (AvgIpc) is 0.780. The van der Waals surface area contributed by atoms with Gasteiger partial charge in [0.2, 0.25) is 0 Å². The molecular formula is C100H68N8. The third-order valence-electron chi connectivity index (χ3n) is 19.3. The molecular weight excluding hydrogens is 1310 g/mol. The van der Waals surface area contributed by atoms with Gasteiger partial charge in [-0.15, -0.1) is 0 Å². The van der Waals surface area contributed by atoms with Crippen molar-refractivity contribution in [3.8, 4) is 180 Å². The number of pyridine rings is 2. The molecule has 0 amide bonds. The third-order valence-corrected chi connectivity index (χ3v) is 19.3. The molecule has 0 radical (unpaired) electrons. The average molecular weight is 1380 g/mol. The maximum absolute atomic E-state index is 5.17. The van der Waals surface area contributed by atoms with Gasteiger partial charge >= 0.3 is 0 Å². The van der Waals surface area contributed by atoms with Crippen LogP contribution in [0.1, 0.15) is 0 Å². The van der Waals surface area contributed by atoms with Crippen molar-refractivity contribution >= 4 is 0 Å². The van der Waals surface area contributed by atoms with E-state index in [1.54, 1.807) is 0 Å². The van der Waals surface area contributed by atoms with E-state index in [1.165, 1.54) is 33.4 Å². The number of rotatable bonds is 16. The van der Waals surface area contributed by atoms with Crippen molar-refractivity contribution in [1.82, 2.24) is 39.9 Å². The summed E-state index contributed by atoms with van der Waals surface area (Å²) in [5.74, 6) is 3.71. The number of hydrogen-bond acceptors (Lipinski definition) is 8. The summed E-state index contributed by atoms with van der Waals surface area (Å²) < 4.78 is 0. The van der Waals surface area contributed by atoms with Gasteiger partial charge in [0, 0.05) is 56.9 Å². The van der Waals surface area contributed by atoms with E-state index >= 15 is 0 Å². The smallest absolute Gasteiger partial charge is 0.164 e. The highest BCUT2D eigenvalue weighted by Gasteiger charge is 2.20. The summed E-state index contributed by atoms with van der Waals surface area (Å²) in [6.07, 6.45) is 3.63. The van der Waals surface area contributed by atoms with Gasteiger partial charge < -0.3 is 0 Å². The molecule has 108 heavy (non-hydrogen) atoms. The second kappa shape index (κ2) is 31.2. The van der Waals surface area contributed by atoms with Crippen LogP contribution in [0, 0.1) is 0 Å². The molecule has 14 aromatic carbocycles. The van der Waals surface area contributed by atoms with Crippen LogP contribution >= 0.6 is 0 Å². The fourth-order valence-electron chi connectivity index (χ4n) is 13.6. The molecule has 0 saturated heterocycles. The van der Waals surface area contributed by atoms with Crippen molar-refractivity contribution in [3.05, 3.63) is 413 Å². The maximum atomic E-state index is 5.17. The topological polar surface area (TPSA) is 103 Å². The first-order valence-corrected chi connectivity index (χ1v) is 36.1. The van der Waals surface area contributed by atoms with Gasteiger partial charge in [0.25, 0.3) is 0 Å². The van der Waals surface area contributed by atoms with Crippen molar-refractivity contribution in [1.29, 1.82) is 0 Å². The summed E-state index contributed by atoms with van der Waals surface area (Å²) >= 11 is 0. The quantitative estimate of drug-likeness (QED) is 0.0943. The largest absolute Gasteiger partial charge is 0.256 e. The standard InChI is InChI=1S/C57H39N3.C43H29N5/c1-4-13-40(14-5-1)43-25-31-46(32-26-43)49-19-10-22-52(37-49)55-58-56(53-23-11-20-50(38-53)47-33-27-44(28-34-47)41-15-6-2-7-16-41)60-57(59-55)54-24-12-21-51(39-54)48-35-29-45(30-36-48)42-17-8-3-9-18-42;1-2-12-34(13-3-1)41-46-42(37-16-6-4-14-35(37)30-20-24-32(25-21-30)39-18-8-10-28-44-39)48-43(47-41)38-17-7-5-15-36(38)31-22-26-33(27-23-31)40-19-9-11-29-45-40/h1-39H;1-29H. The fourth-order valence-corrected chi connectivity index (χ4v) is 13.6. The number of benzene rings is 14. The lowest BCUT2D eigenvalue weighted by atomic mass is 9.96. The van der Waals surface area contributed by atoms with Gasteiger partial charge in [0.05, 0.1) is 11.4 Å². The molecule has 0 N–H and O–H groups in total. The van der Waals surface area contributed by atoms with Crippen molar-refractivity contribution < 1.29 is 0 Å². The van der Waals surface area contributed by atoms with Crippen LogP contribution in [0.5, 0.6) is 0 Å². The lowest BCUT2D eigenvalue weighted by Gasteiger charge is -2.14. The Morgan fingerprint density at radius 1 is 0.120 bits per heavy atom. The van der Waals surface area contributed by atoms with Gasteiger partial charge in [-0.25, -0.2) is 29.9 Å². The summed E-state index contributed by atoms with van der Waals surface area (Å²) in [7, 11) is 0. The normalized spacial score (nSPS) is 11.0. The Bertz CT molecular complexity index is 5600. The first-order valence-electron chi connectivity index (χ1n) is 36.1. The zero-order valence-corrected chi connectivity index (χ0v) is 58.8. The van der Waals surface area contributed by atoms with Crippen LogP contribution in [-0.2, 0) is 0 Å². The summed E-state index contributed by atoms with van der Waals surface area (Å²) in [6.45, 7) is 0. The molecule has 18 aromatic rings. The molecule has 508 valence electrons. The molecule has 0 unspecified atom stereocenters. The molecule has 8 heteroatoms. The first-order chi connectivity index (χ1) is 53.5. The fraction of sp³-hybridized carbons (Fsp3) is 0. The van der Waals surface area contributed by atoms with E-state index in [1.807, 2.05) is 109 Å². The predicted octanol–water partition coefficient (Wildman–Crippen LogP) is 25.2. The zero-order chi connectivity index (χ0) is 72.2. The maximum Gasteiger partial charge on any atom is 0.164 e. The van der Waals surface area contributed by atoms with Crippen LogP contribution in [-0.4, -0.2) is 39.9 Å². The van der Waals surface area contributed by atoms with Crippen molar-refractivity contribution in [3.63, 3.8) is 0 Å². The molecule has 4 heterocycles. The Morgan fingerprint density at radius 2 is 0.333 bits per heavy atom. The SMILES string of the molecule is c1ccc(-c2ccc(-c3cccc(-c4nc(-c5cccc(-c6ccc(-c7ccccc7)cc6)c5)nc(-c5cccc(-c6ccc(-c7ccccc7)cc6)c5)n4)c3)cc2)cc1.c1ccc(-c2nc(-c3ccccc3-c3ccc(-c4ccccn4)cc3)nc(-c3ccccc3-c3ccc(-c4ccccn4)cc3)n2)cc1. The number of aromatic nitrogens is 8. The van der Waals surface area contributed by atoms with Gasteiger partial charge in [-0.3, -0.25) is 9.97 Å².